The van der Waals surface area contributed by atoms with E-state index in [-0.39, 0.29) is 24.8 Å². The summed E-state index contributed by atoms with van der Waals surface area (Å²) in [6.07, 6.45) is 8.41. The number of hydrogen-bond donors (Lipinski definition) is 3. The molecule has 0 spiro atoms. The number of aromatic nitrogens is 4. The normalized spacial score (nSPS) is 23.3. The molecule has 4 amide bonds. The van der Waals surface area contributed by atoms with Gasteiger partial charge in [-0.2, -0.15) is 4.80 Å². The number of sulfonamides is 1. The molecular weight excluding hydrogens is 664 g/mol. The molecular formula is C34H48N8O7S. The van der Waals surface area contributed by atoms with Gasteiger partial charge in [0.15, 0.2) is 0 Å². The Hall–Kier alpha value is -4.34. The number of benzene rings is 1. The average molecular weight is 713 g/mol. The van der Waals surface area contributed by atoms with Crippen molar-refractivity contribution in [2.24, 2.45) is 17.6 Å². The van der Waals surface area contributed by atoms with Crippen LogP contribution in [-0.4, -0.2) is 86.3 Å². The fourth-order valence-corrected chi connectivity index (χ4v) is 7.35. The lowest BCUT2D eigenvalue weighted by Gasteiger charge is -2.28. The summed E-state index contributed by atoms with van der Waals surface area (Å²) in [6.45, 7) is 6.95. The number of allylic oxidation sites excluding steroid dienone is 2. The van der Waals surface area contributed by atoms with E-state index in [0.29, 0.717) is 37.9 Å². The highest BCUT2D eigenvalue weighted by molar-refractivity contribution is 7.91. The average Bonchev–Trinajstić information content (AvgIpc) is 3.87. The number of tetrazole rings is 1. The number of ether oxygens (including phenoxy) is 1. The summed E-state index contributed by atoms with van der Waals surface area (Å²) < 4.78 is 31.6. The zero-order chi connectivity index (χ0) is 36.3. The molecule has 1 aromatic heterocycles. The van der Waals surface area contributed by atoms with Crippen molar-refractivity contribution in [1.82, 2.24) is 35.1 Å². The molecule has 5 rings (SSSR count). The summed E-state index contributed by atoms with van der Waals surface area (Å²) in [4.78, 5) is 54.5. The van der Waals surface area contributed by atoms with Gasteiger partial charge in [0, 0.05) is 24.4 Å². The van der Waals surface area contributed by atoms with Crippen LogP contribution in [0.1, 0.15) is 91.5 Å². The first-order valence-corrected chi connectivity index (χ1v) is 18.7. The number of carbonyl (C=O) groups excluding carboxylic acids is 4. The van der Waals surface area contributed by atoms with Gasteiger partial charge in [0.05, 0.1) is 10.8 Å². The maximum Gasteiger partial charge on any atom is 0.408 e. The Kier molecular flexibility index (Phi) is 11.0. The fourth-order valence-electron chi connectivity index (χ4n) is 6.05. The van der Waals surface area contributed by atoms with E-state index in [0.717, 1.165) is 24.8 Å². The number of nitrogens with zero attached hydrogens (tertiary/aromatic N) is 5. The maximum absolute atomic E-state index is 13.9. The van der Waals surface area contributed by atoms with Crippen LogP contribution >= 0.6 is 0 Å². The molecule has 3 aliphatic rings. The molecule has 1 saturated heterocycles. The van der Waals surface area contributed by atoms with E-state index in [4.69, 9.17) is 10.5 Å². The number of unbranched alkanes of at least 4 members (excludes halogenated alkanes) is 3. The van der Waals surface area contributed by atoms with E-state index in [1.165, 1.54) is 9.70 Å². The van der Waals surface area contributed by atoms with Crippen molar-refractivity contribution in [3.8, 4) is 11.4 Å². The van der Waals surface area contributed by atoms with E-state index in [1.54, 1.807) is 27.7 Å². The third kappa shape index (κ3) is 9.25. The standard InChI is InChI=1S/C34H48N8O7S/c1-33(2,3)49-32(46)36-26(16-12-7-5-6-9-15-23-19-25(23)30(44)39-50(47,48)34(4)17-18-34)31(45)41-21-24(20-27(41)28(35)43)42-38-29(37-40-42)22-13-10-8-11-14-22/h8-11,13-15,23-27H,5-7,12,16-21H2,1-4H3,(H2,35,43)(H,36,46)(H,39,44). The molecule has 15 nitrogen and oxygen atoms in total. The van der Waals surface area contributed by atoms with Crippen molar-refractivity contribution >= 4 is 33.8 Å². The van der Waals surface area contributed by atoms with Crippen LogP contribution in [0.3, 0.4) is 0 Å². The zero-order valence-corrected chi connectivity index (χ0v) is 29.9. The first kappa shape index (κ1) is 36.9. The number of amides is 4. The molecule has 3 fully saturated rings. The Bertz CT molecular complexity index is 1700. The smallest absolute Gasteiger partial charge is 0.408 e. The summed E-state index contributed by atoms with van der Waals surface area (Å²) >= 11 is 0. The van der Waals surface area contributed by atoms with Gasteiger partial charge in [-0.1, -0.05) is 55.3 Å². The number of alkyl carbamates (subject to hydrolysis) is 1. The van der Waals surface area contributed by atoms with E-state index >= 15 is 0 Å². The predicted octanol–water partition coefficient (Wildman–Crippen LogP) is 3.00. The Morgan fingerprint density at radius 3 is 2.48 bits per heavy atom. The molecule has 50 heavy (non-hydrogen) atoms. The molecule has 5 atom stereocenters. The van der Waals surface area contributed by atoms with Gasteiger partial charge in [-0.15, -0.1) is 10.2 Å². The SMILES string of the molecule is CC(C)(C)OC(=O)NC(CCCCCC=CC1CC1C(=O)NS(=O)(=O)C1(C)CC1)C(=O)N1CC(n2nnc(-c3ccccc3)n2)CC1C(N)=O. The lowest BCUT2D eigenvalue weighted by molar-refractivity contribution is -0.139. The van der Waals surface area contributed by atoms with Gasteiger partial charge in [-0.3, -0.25) is 19.1 Å². The third-order valence-corrected chi connectivity index (χ3v) is 11.6. The summed E-state index contributed by atoms with van der Waals surface area (Å²) in [5, 5.41) is 15.5. The predicted molar refractivity (Wildman–Crippen MR) is 183 cm³/mol. The molecule has 2 heterocycles. The molecule has 4 N–H and O–H groups in total. The zero-order valence-electron chi connectivity index (χ0n) is 29.1. The van der Waals surface area contributed by atoms with Crippen molar-refractivity contribution in [1.29, 1.82) is 0 Å². The molecule has 1 aromatic carbocycles. The van der Waals surface area contributed by atoms with E-state index in [1.807, 2.05) is 42.5 Å². The molecule has 2 saturated carbocycles. The fraction of sp³-hybridized carbons (Fsp3) is 0.618. The highest BCUT2D eigenvalue weighted by atomic mass is 32.2. The van der Waals surface area contributed by atoms with Crippen molar-refractivity contribution in [2.75, 3.05) is 6.54 Å². The first-order valence-electron chi connectivity index (χ1n) is 17.2. The van der Waals surface area contributed by atoms with Gasteiger partial charge in [0.25, 0.3) is 0 Å². The summed E-state index contributed by atoms with van der Waals surface area (Å²) in [7, 11) is -3.63. The topological polar surface area (TPSA) is 209 Å². The first-order chi connectivity index (χ1) is 23.6. The number of hydrogen-bond acceptors (Lipinski definition) is 10. The van der Waals surface area contributed by atoms with Gasteiger partial charge < -0.3 is 20.7 Å². The highest BCUT2D eigenvalue weighted by Gasteiger charge is 2.52. The van der Waals surface area contributed by atoms with E-state index in [9.17, 15) is 27.6 Å². The molecule has 0 bridgehead atoms. The molecule has 16 heteroatoms. The molecule has 1 aliphatic heterocycles. The van der Waals surface area contributed by atoms with Gasteiger partial charge in [0.1, 0.15) is 17.7 Å². The van der Waals surface area contributed by atoms with Crippen LogP contribution in [0, 0.1) is 11.8 Å². The van der Waals surface area contributed by atoms with Gasteiger partial charge >= 0.3 is 6.09 Å². The lowest BCUT2D eigenvalue weighted by atomic mass is 10.0. The lowest BCUT2D eigenvalue weighted by Crippen LogP contribution is -2.53. The number of rotatable bonds is 15. The van der Waals surface area contributed by atoms with Crippen LogP contribution in [0.5, 0.6) is 0 Å². The minimum atomic E-state index is -3.63. The quantitative estimate of drug-likeness (QED) is 0.182. The van der Waals surface area contributed by atoms with Crippen molar-refractivity contribution in [2.45, 2.75) is 114 Å². The molecule has 2 aliphatic carbocycles. The Morgan fingerprint density at radius 1 is 1.10 bits per heavy atom. The Morgan fingerprint density at radius 2 is 1.82 bits per heavy atom. The minimum Gasteiger partial charge on any atom is -0.444 e. The second-order valence-corrected chi connectivity index (χ2v) is 17.0. The summed E-state index contributed by atoms with van der Waals surface area (Å²) in [5.41, 5.74) is 5.75. The van der Waals surface area contributed by atoms with Gasteiger partial charge in [-0.25, -0.2) is 13.2 Å². The molecule has 0 radical (unpaired) electrons. The maximum atomic E-state index is 13.9. The molecule has 5 unspecified atom stereocenters. The van der Waals surface area contributed by atoms with E-state index < -0.39 is 62.3 Å². The number of nitrogens with one attached hydrogen (secondary N) is 2. The van der Waals surface area contributed by atoms with Crippen molar-refractivity contribution < 1.29 is 32.3 Å². The summed E-state index contributed by atoms with van der Waals surface area (Å²) in [6, 6.07) is 7.01. The van der Waals surface area contributed by atoms with Crippen molar-refractivity contribution in [3.05, 3.63) is 42.5 Å². The monoisotopic (exact) mass is 712 g/mol. The van der Waals surface area contributed by atoms with Crippen LogP contribution in [0.25, 0.3) is 11.4 Å². The Balaban J connectivity index is 1.14. The Labute approximate surface area is 292 Å². The second-order valence-electron chi connectivity index (χ2n) is 14.8. The largest absolute Gasteiger partial charge is 0.444 e. The number of nitrogens with two attached hydrogens (primary N) is 1. The van der Waals surface area contributed by atoms with Gasteiger partial charge in [-0.05, 0) is 77.4 Å². The second kappa shape index (κ2) is 14.9. The van der Waals surface area contributed by atoms with Crippen molar-refractivity contribution in [3.63, 3.8) is 0 Å². The third-order valence-electron chi connectivity index (χ3n) is 9.43. The summed E-state index contributed by atoms with van der Waals surface area (Å²) in [5.74, 6) is -1.42. The number of primary amides is 1. The number of likely N-dealkylation sites (tertiary alicyclic amines) is 1. The molecule has 272 valence electrons. The minimum absolute atomic E-state index is 0.0253. The van der Waals surface area contributed by atoms with Gasteiger partial charge in [0.2, 0.25) is 33.6 Å². The van der Waals surface area contributed by atoms with Crippen LogP contribution in [0.4, 0.5) is 4.79 Å². The van der Waals surface area contributed by atoms with E-state index in [2.05, 4.69) is 25.4 Å². The van der Waals surface area contributed by atoms with Crippen LogP contribution in [-0.2, 0) is 29.1 Å². The number of carbonyl (C=O) groups is 4. The molecule has 2 aromatic rings. The van der Waals surface area contributed by atoms with Crippen LogP contribution in [0.2, 0.25) is 0 Å². The van der Waals surface area contributed by atoms with Crippen LogP contribution < -0.4 is 15.8 Å². The highest BCUT2D eigenvalue weighted by Crippen LogP contribution is 2.44. The van der Waals surface area contributed by atoms with Crippen LogP contribution in [0.15, 0.2) is 42.5 Å².